The molecule has 1 aromatic rings. The number of rotatable bonds is 2. The van der Waals surface area contributed by atoms with Crippen LogP contribution in [0.15, 0.2) is 28.2 Å². The summed E-state index contributed by atoms with van der Waals surface area (Å²) in [5, 5.41) is 0.363. The van der Waals surface area contributed by atoms with E-state index in [9.17, 15) is 4.79 Å². The van der Waals surface area contributed by atoms with Crippen LogP contribution in [0.1, 0.15) is 23.2 Å². The molecule has 1 fully saturated rings. The molecule has 0 aromatic heterocycles. The molecular weight excluding hydrogens is 292 g/mol. The van der Waals surface area contributed by atoms with Crippen LogP contribution in [-0.4, -0.2) is 35.8 Å². The van der Waals surface area contributed by atoms with Gasteiger partial charge in [-0.1, -0.05) is 11.6 Å². The molecule has 0 aliphatic carbocycles. The molecule has 1 amide bonds. The van der Waals surface area contributed by atoms with E-state index in [2.05, 4.69) is 9.98 Å². The summed E-state index contributed by atoms with van der Waals surface area (Å²) in [4.78, 5) is 21.7. The Kier molecular flexibility index (Phi) is 4.64. The van der Waals surface area contributed by atoms with Gasteiger partial charge in [-0.3, -0.25) is 4.79 Å². The standard InChI is InChI=1S/C13H17ClN6O/c14-9-4-3-8(11(21)20-5-1-2-6-20)7-10(9)18-13(17)19-12(15)16/h3-4,7H,1-2,5-6H2,(H6,15,16,17,18,19). The summed E-state index contributed by atoms with van der Waals surface area (Å²) < 4.78 is 0. The van der Waals surface area contributed by atoms with Crippen molar-refractivity contribution in [1.82, 2.24) is 4.90 Å². The first-order valence-corrected chi connectivity index (χ1v) is 6.88. The van der Waals surface area contributed by atoms with Crippen LogP contribution < -0.4 is 17.2 Å². The number of hydrogen-bond acceptors (Lipinski definition) is 2. The van der Waals surface area contributed by atoms with Gasteiger partial charge in [0.15, 0.2) is 5.96 Å². The summed E-state index contributed by atoms with van der Waals surface area (Å²) in [6, 6.07) is 4.85. The van der Waals surface area contributed by atoms with Gasteiger partial charge >= 0.3 is 0 Å². The third kappa shape index (κ3) is 3.85. The quantitative estimate of drug-likeness (QED) is 0.552. The van der Waals surface area contributed by atoms with E-state index in [4.69, 9.17) is 28.8 Å². The van der Waals surface area contributed by atoms with Crippen LogP contribution in [0.5, 0.6) is 0 Å². The SMILES string of the molecule is NC(N)=NC(N)=Nc1cc(C(=O)N2CCCC2)ccc1Cl. The minimum atomic E-state index is -0.198. The molecule has 7 nitrogen and oxygen atoms in total. The highest BCUT2D eigenvalue weighted by Crippen LogP contribution is 2.27. The number of guanidine groups is 2. The normalized spacial score (nSPS) is 15.1. The Balaban J connectivity index is 2.28. The largest absolute Gasteiger partial charge is 0.370 e. The molecule has 0 radical (unpaired) electrons. The number of nitrogens with two attached hydrogens (primary N) is 3. The van der Waals surface area contributed by atoms with Gasteiger partial charge < -0.3 is 22.1 Å². The van der Waals surface area contributed by atoms with Crippen molar-refractivity contribution < 1.29 is 4.79 Å². The molecule has 1 aliphatic heterocycles. The Morgan fingerprint density at radius 1 is 1.19 bits per heavy atom. The van der Waals surface area contributed by atoms with Crippen molar-refractivity contribution in [3.8, 4) is 0 Å². The molecule has 1 heterocycles. The summed E-state index contributed by atoms with van der Waals surface area (Å²) in [7, 11) is 0. The van der Waals surface area contributed by atoms with E-state index in [1.807, 2.05) is 0 Å². The second kappa shape index (κ2) is 6.45. The lowest BCUT2D eigenvalue weighted by molar-refractivity contribution is 0.0793. The zero-order chi connectivity index (χ0) is 15.4. The summed E-state index contributed by atoms with van der Waals surface area (Å²) in [5.41, 5.74) is 16.9. The van der Waals surface area contributed by atoms with Crippen molar-refractivity contribution >= 4 is 35.1 Å². The lowest BCUT2D eigenvalue weighted by atomic mass is 10.2. The van der Waals surface area contributed by atoms with Crippen LogP contribution in [-0.2, 0) is 0 Å². The maximum atomic E-state index is 12.3. The molecule has 0 saturated carbocycles. The number of halogens is 1. The van der Waals surface area contributed by atoms with Crippen molar-refractivity contribution in [3.05, 3.63) is 28.8 Å². The van der Waals surface area contributed by atoms with E-state index in [0.29, 0.717) is 16.3 Å². The molecule has 8 heteroatoms. The highest BCUT2D eigenvalue weighted by Gasteiger charge is 2.20. The molecule has 1 aliphatic rings. The zero-order valence-electron chi connectivity index (χ0n) is 11.4. The second-order valence-electron chi connectivity index (χ2n) is 4.67. The van der Waals surface area contributed by atoms with Crippen LogP contribution in [0, 0.1) is 0 Å². The molecule has 0 unspecified atom stereocenters. The molecule has 0 bridgehead atoms. The second-order valence-corrected chi connectivity index (χ2v) is 5.08. The fourth-order valence-corrected chi connectivity index (χ4v) is 2.27. The topological polar surface area (TPSA) is 123 Å². The number of amides is 1. The predicted octanol–water partition coefficient (Wildman–Crippen LogP) is 0.796. The van der Waals surface area contributed by atoms with Gasteiger partial charge in [0.2, 0.25) is 5.96 Å². The molecular formula is C13H17ClN6O. The number of likely N-dealkylation sites (tertiary alicyclic amines) is 1. The fraction of sp³-hybridized carbons (Fsp3) is 0.308. The third-order valence-electron chi connectivity index (χ3n) is 3.07. The van der Waals surface area contributed by atoms with E-state index in [0.717, 1.165) is 25.9 Å². The number of aliphatic imine (C=N–C) groups is 2. The fourth-order valence-electron chi connectivity index (χ4n) is 2.11. The maximum Gasteiger partial charge on any atom is 0.253 e. The Morgan fingerprint density at radius 3 is 2.48 bits per heavy atom. The van der Waals surface area contributed by atoms with Gasteiger partial charge in [-0.15, -0.1) is 0 Å². The Bertz CT molecular complexity index is 603. The van der Waals surface area contributed by atoms with Gasteiger partial charge in [0.05, 0.1) is 10.7 Å². The first kappa shape index (κ1) is 15.1. The molecule has 0 atom stereocenters. The summed E-state index contributed by atoms with van der Waals surface area (Å²) in [5.74, 6) is -0.361. The molecule has 21 heavy (non-hydrogen) atoms. The van der Waals surface area contributed by atoms with Gasteiger partial charge in [0, 0.05) is 18.7 Å². The van der Waals surface area contributed by atoms with E-state index in [1.54, 1.807) is 23.1 Å². The van der Waals surface area contributed by atoms with Gasteiger partial charge in [-0.2, -0.15) is 4.99 Å². The smallest absolute Gasteiger partial charge is 0.253 e. The minimum Gasteiger partial charge on any atom is -0.370 e. The molecule has 1 aromatic carbocycles. The van der Waals surface area contributed by atoms with E-state index >= 15 is 0 Å². The molecule has 1 saturated heterocycles. The van der Waals surface area contributed by atoms with E-state index in [1.165, 1.54) is 0 Å². The van der Waals surface area contributed by atoms with Crippen LogP contribution in [0.4, 0.5) is 5.69 Å². The Morgan fingerprint density at radius 2 is 1.86 bits per heavy atom. The van der Waals surface area contributed by atoms with Gasteiger partial charge in [0.1, 0.15) is 0 Å². The highest BCUT2D eigenvalue weighted by atomic mass is 35.5. The van der Waals surface area contributed by atoms with E-state index < -0.39 is 0 Å². The lowest BCUT2D eigenvalue weighted by Crippen LogP contribution is -2.27. The minimum absolute atomic E-state index is 0.0407. The maximum absolute atomic E-state index is 12.3. The number of carbonyl (C=O) groups is 1. The van der Waals surface area contributed by atoms with Crippen LogP contribution in [0.25, 0.3) is 0 Å². The first-order valence-electron chi connectivity index (χ1n) is 6.50. The first-order chi connectivity index (χ1) is 9.97. The van der Waals surface area contributed by atoms with Crippen molar-refractivity contribution in [2.24, 2.45) is 27.2 Å². The monoisotopic (exact) mass is 308 g/mol. The molecule has 112 valence electrons. The highest BCUT2D eigenvalue weighted by molar-refractivity contribution is 6.33. The van der Waals surface area contributed by atoms with Crippen molar-refractivity contribution in [1.29, 1.82) is 0 Å². The predicted molar refractivity (Wildman–Crippen MR) is 83.7 cm³/mol. The van der Waals surface area contributed by atoms with Crippen molar-refractivity contribution in [3.63, 3.8) is 0 Å². The van der Waals surface area contributed by atoms with E-state index in [-0.39, 0.29) is 17.8 Å². The summed E-state index contributed by atoms with van der Waals surface area (Å²) in [6.45, 7) is 1.55. The van der Waals surface area contributed by atoms with Gasteiger partial charge in [-0.05, 0) is 31.0 Å². The van der Waals surface area contributed by atoms with Crippen molar-refractivity contribution in [2.45, 2.75) is 12.8 Å². The summed E-state index contributed by atoms with van der Waals surface area (Å²) in [6.07, 6.45) is 2.06. The zero-order valence-corrected chi connectivity index (χ0v) is 12.2. The average molecular weight is 309 g/mol. The summed E-state index contributed by atoms with van der Waals surface area (Å²) >= 11 is 6.04. The number of benzene rings is 1. The van der Waals surface area contributed by atoms with Crippen LogP contribution >= 0.6 is 11.6 Å². The van der Waals surface area contributed by atoms with Gasteiger partial charge in [0.25, 0.3) is 5.91 Å². The van der Waals surface area contributed by atoms with Gasteiger partial charge in [-0.25, -0.2) is 4.99 Å². The Labute approximate surface area is 127 Å². The number of hydrogen-bond donors (Lipinski definition) is 3. The molecule has 6 N–H and O–H groups in total. The van der Waals surface area contributed by atoms with Crippen molar-refractivity contribution in [2.75, 3.05) is 13.1 Å². The van der Waals surface area contributed by atoms with Crippen LogP contribution in [0.2, 0.25) is 5.02 Å². The third-order valence-corrected chi connectivity index (χ3v) is 3.38. The Hall–Kier alpha value is -2.28. The lowest BCUT2D eigenvalue weighted by Gasteiger charge is -2.15. The molecule has 0 spiro atoms. The molecule has 2 rings (SSSR count). The number of nitrogens with zero attached hydrogens (tertiary/aromatic N) is 3. The number of carbonyl (C=O) groups excluding carboxylic acids is 1. The van der Waals surface area contributed by atoms with Crippen LogP contribution in [0.3, 0.4) is 0 Å². The average Bonchev–Trinajstić information content (AvgIpc) is 2.93.